The number of aryl methyl sites for hydroxylation is 2. The molecule has 28 heavy (non-hydrogen) atoms. The molecule has 152 valence electrons. The highest BCUT2D eigenvalue weighted by molar-refractivity contribution is 6.03. The van der Waals surface area contributed by atoms with E-state index in [1.54, 1.807) is 6.07 Å². The minimum absolute atomic E-state index is 0.221. The van der Waals surface area contributed by atoms with Crippen molar-refractivity contribution >= 4 is 23.2 Å². The number of anilines is 3. The van der Waals surface area contributed by atoms with Crippen LogP contribution in [-0.2, 0) is 0 Å². The zero-order valence-corrected chi connectivity index (χ0v) is 17.8. The Morgan fingerprint density at radius 1 is 1.04 bits per heavy atom. The molecule has 0 aliphatic carbocycles. The summed E-state index contributed by atoms with van der Waals surface area (Å²) in [6.45, 7) is 13.0. The van der Waals surface area contributed by atoms with E-state index in [1.165, 1.54) is 0 Å². The first-order chi connectivity index (χ1) is 13.5. The second kappa shape index (κ2) is 10.6. The van der Waals surface area contributed by atoms with E-state index in [0.717, 1.165) is 61.5 Å². The Kier molecular flexibility index (Phi) is 8.23. The molecule has 0 fully saturated rings. The van der Waals surface area contributed by atoms with Crippen molar-refractivity contribution in [3.63, 3.8) is 0 Å². The molecule has 0 radical (unpaired) electrons. The van der Waals surface area contributed by atoms with Gasteiger partial charge in [-0.15, -0.1) is 0 Å². The molecule has 0 saturated heterocycles. The number of carbonyl (C=O) groups is 1. The SMILES string of the molecule is CCCCCNc1nc(C)cc(C(=O)Nc2ccc(N(CC)CC)cc2C)n1. The minimum Gasteiger partial charge on any atom is -0.372 e. The van der Waals surface area contributed by atoms with Crippen molar-refractivity contribution in [2.24, 2.45) is 0 Å². The molecule has 0 aliphatic heterocycles. The van der Waals surface area contributed by atoms with Crippen molar-refractivity contribution in [1.82, 2.24) is 9.97 Å². The molecule has 1 amide bonds. The second-order valence-electron chi connectivity index (χ2n) is 6.98. The van der Waals surface area contributed by atoms with E-state index in [0.29, 0.717) is 11.6 Å². The lowest BCUT2D eigenvalue weighted by Gasteiger charge is -2.22. The van der Waals surface area contributed by atoms with E-state index in [4.69, 9.17) is 0 Å². The number of benzene rings is 1. The van der Waals surface area contributed by atoms with Crippen LogP contribution in [0.3, 0.4) is 0 Å². The molecule has 1 aromatic heterocycles. The van der Waals surface area contributed by atoms with Crippen LogP contribution in [0.2, 0.25) is 0 Å². The van der Waals surface area contributed by atoms with E-state index in [-0.39, 0.29) is 5.91 Å². The van der Waals surface area contributed by atoms with Crippen LogP contribution in [0, 0.1) is 13.8 Å². The second-order valence-corrected chi connectivity index (χ2v) is 6.98. The van der Waals surface area contributed by atoms with Crippen molar-refractivity contribution in [1.29, 1.82) is 0 Å². The number of rotatable bonds is 10. The maximum Gasteiger partial charge on any atom is 0.274 e. The van der Waals surface area contributed by atoms with Crippen LogP contribution in [0.5, 0.6) is 0 Å². The number of nitrogens with one attached hydrogen (secondary N) is 2. The van der Waals surface area contributed by atoms with Gasteiger partial charge in [0.15, 0.2) is 0 Å². The van der Waals surface area contributed by atoms with Crippen molar-refractivity contribution in [2.75, 3.05) is 35.2 Å². The van der Waals surface area contributed by atoms with Gasteiger partial charge in [-0.25, -0.2) is 9.97 Å². The summed E-state index contributed by atoms with van der Waals surface area (Å²) in [6, 6.07) is 7.82. The Balaban J connectivity index is 2.11. The average molecular weight is 384 g/mol. The molecule has 0 bridgehead atoms. The van der Waals surface area contributed by atoms with Gasteiger partial charge in [-0.05, 0) is 63.9 Å². The van der Waals surface area contributed by atoms with Crippen molar-refractivity contribution < 1.29 is 4.79 Å². The maximum atomic E-state index is 12.7. The van der Waals surface area contributed by atoms with Crippen LogP contribution in [0.1, 0.15) is 61.8 Å². The van der Waals surface area contributed by atoms with E-state index in [2.05, 4.69) is 52.3 Å². The molecule has 0 aliphatic rings. The fourth-order valence-electron chi connectivity index (χ4n) is 3.10. The van der Waals surface area contributed by atoms with Crippen LogP contribution >= 0.6 is 0 Å². The minimum atomic E-state index is -0.221. The molecule has 0 unspecified atom stereocenters. The van der Waals surface area contributed by atoms with E-state index in [1.807, 2.05) is 26.0 Å². The normalized spacial score (nSPS) is 10.6. The molecule has 2 rings (SSSR count). The summed E-state index contributed by atoms with van der Waals surface area (Å²) in [4.78, 5) is 23.8. The lowest BCUT2D eigenvalue weighted by Crippen LogP contribution is -2.22. The molecular weight excluding hydrogens is 350 g/mol. The van der Waals surface area contributed by atoms with Gasteiger partial charge in [0.05, 0.1) is 0 Å². The van der Waals surface area contributed by atoms with E-state index in [9.17, 15) is 4.79 Å². The van der Waals surface area contributed by atoms with Crippen molar-refractivity contribution in [2.45, 2.75) is 53.9 Å². The van der Waals surface area contributed by atoms with Crippen LogP contribution in [0.4, 0.5) is 17.3 Å². The highest BCUT2D eigenvalue weighted by Gasteiger charge is 2.13. The molecule has 2 aromatic rings. The zero-order chi connectivity index (χ0) is 20.5. The van der Waals surface area contributed by atoms with Crippen LogP contribution < -0.4 is 15.5 Å². The molecule has 2 N–H and O–H groups in total. The molecule has 6 heteroatoms. The summed E-state index contributed by atoms with van der Waals surface area (Å²) in [7, 11) is 0. The third-order valence-corrected chi connectivity index (χ3v) is 4.74. The van der Waals surface area contributed by atoms with Gasteiger partial charge in [-0.1, -0.05) is 19.8 Å². The highest BCUT2D eigenvalue weighted by atomic mass is 16.1. The lowest BCUT2D eigenvalue weighted by molar-refractivity contribution is 0.102. The third-order valence-electron chi connectivity index (χ3n) is 4.74. The first-order valence-electron chi connectivity index (χ1n) is 10.2. The smallest absolute Gasteiger partial charge is 0.274 e. The quantitative estimate of drug-likeness (QED) is 0.577. The van der Waals surface area contributed by atoms with Gasteiger partial charge in [0, 0.05) is 36.7 Å². The third kappa shape index (κ3) is 5.94. The van der Waals surface area contributed by atoms with Gasteiger partial charge in [0.1, 0.15) is 5.69 Å². The monoisotopic (exact) mass is 383 g/mol. The molecule has 1 heterocycles. The number of nitrogens with zero attached hydrogens (tertiary/aromatic N) is 3. The average Bonchev–Trinajstić information content (AvgIpc) is 2.68. The van der Waals surface area contributed by atoms with Gasteiger partial charge in [-0.3, -0.25) is 4.79 Å². The van der Waals surface area contributed by atoms with E-state index < -0.39 is 0 Å². The molecular formula is C22H33N5O. The van der Waals surface area contributed by atoms with Crippen LogP contribution in [0.15, 0.2) is 24.3 Å². The summed E-state index contributed by atoms with van der Waals surface area (Å²) in [5, 5.41) is 6.20. The summed E-state index contributed by atoms with van der Waals surface area (Å²) in [5.41, 5.74) is 4.14. The van der Waals surface area contributed by atoms with Gasteiger partial charge in [0.2, 0.25) is 5.95 Å². The Bertz CT molecular complexity index is 786. The fraction of sp³-hybridized carbons (Fsp3) is 0.500. The predicted molar refractivity (Wildman–Crippen MR) is 117 cm³/mol. The molecule has 0 spiro atoms. The number of amides is 1. The van der Waals surface area contributed by atoms with Crippen LogP contribution in [-0.4, -0.2) is 35.5 Å². The van der Waals surface area contributed by atoms with Gasteiger partial charge < -0.3 is 15.5 Å². The zero-order valence-electron chi connectivity index (χ0n) is 17.8. The number of aromatic nitrogens is 2. The maximum absolute atomic E-state index is 12.7. The number of hydrogen-bond acceptors (Lipinski definition) is 5. The Morgan fingerprint density at radius 3 is 2.43 bits per heavy atom. The topological polar surface area (TPSA) is 70.2 Å². The number of hydrogen-bond donors (Lipinski definition) is 2. The Labute approximate surface area is 168 Å². The Hall–Kier alpha value is -2.63. The van der Waals surface area contributed by atoms with Crippen molar-refractivity contribution in [3.05, 3.63) is 41.2 Å². The van der Waals surface area contributed by atoms with Gasteiger partial charge in [-0.2, -0.15) is 0 Å². The largest absolute Gasteiger partial charge is 0.372 e. The number of unbranched alkanes of at least 4 members (excludes halogenated alkanes) is 2. The predicted octanol–water partition coefficient (Wildman–Crippen LogP) is 4.79. The van der Waals surface area contributed by atoms with Crippen molar-refractivity contribution in [3.8, 4) is 0 Å². The molecule has 0 atom stereocenters. The first kappa shape index (κ1) is 21.7. The van der Waals surface area contributed by atoms with E-state index >= 15 is 0 Å². The summed E-state index contributed by atoms with van der Waals surface area (Å²) >= 11 is 0. The first-order valence-corrected chi connectivity index (χ1v) is 10.2. The summed E-state index contributed by atoms with van der Waals surface area (Å²) in [6.07, 6.45) is 3.39. The highest BCUT2D eigenvalue weighted by Crippen LogP contribution is 2.23. The Morgan fingerprint density at radius 2 is 1.79 bits per heavy atom. The number of carbonyl (C=O) groups excluding carboxylic acids is 1. The van der Waals surface area contributed by atoms with Crippen LogP contribution in [0.25, 0.3) is 0 Å². The standard InChI is InChI=1S/C22H33N5O/c1-6-9-10-13-23-22-24-17(5)15-20(26-22)21(28)25-19-12-11-18(14-16(19)4)27(7-2)8-3/h11-12,14-15H,6-10,13H2,1-5H3,(H,25,28)(H,23,24,26). The van der Waals surface area contributed by atoms with Gasteiger partial charge >= 0.3 is 0 Å². The molecule has 1 aromatic carbocycles. The molecule has 6 nitrogen and oxygen atoms in total. The summed E-state index contributed by atoms with van der Waals surface area (Å²) in [5.74, 6) is 0.288. The fourth-order valence-corrected chi connectivity index (χ4v) is 3.10. The summed E-state index contributed by atoms with van der Waals surface area (Å²) < 4.78 is 0. The van der Waals surface area contributed by atoms with Gasteiger partial charge in [0.25, 0.3) is 5.91 Å². The lowest BCUT2D eigenvalue weighted by atomic mass is 10.1. The molecule has 0 saturated carbocycles.